The van der Waals surface area contributed by atoms with Gasteiger partial charge in [-0.15, -0.1) is 0 Å². The van der Waals surface area contributed by atoms with Crippen LogP contribution in [-0.2, 0) is 4.79 Å². The zero-order valence-corrected chi connectivity index (χ0v) is 7.76. The Hall–Kier alpha value is -0.780. The lowest BCUT2D eigenvalue weighted by molar-refractivity contribution is -0.262. The highest BCUT2D eigenvalue weighted by atomic mass is 19.4. The predicted molar refractivity (Wildman–Crippen MR) is 42.8 cm³/mol. The highest BCUT2D eigenvalue weighted by molar-refractivity contribution is 5.78. The number of halogens is 3. The molecule has 3 nitrogen and oxygen atoms in total. The van der Waals surface area contributed by atoms with E-state index in [2.05, 4.69) is 0 Å². The molecule has 0 aliphatic heterocycles. The van der Waals surface area contributed by atoms with Crippen LogP contribution in [0.1, 0.15) is 32.6 Å². The van der Waals surface area contributed by atoms with Gasteiger partial charge >= 0.3 is 12.1 Å². The molecular weight excluding hydrogens is 201 g/mol. The first-order valence-corrected chi connectivity index (χ1v) is 4.28. The van der Waals surface area contributed by atoms with Gasteiger partial charge in [-0.3, -0.25) is 0 Å². The lowest BCUT2D eigenvalue weighted by Gasteiger charge is -2.25. The van der Waals surface area contributed by atoms with Crippen molar-refractivity contribution in [1.29, 1.82) is 0 Å². The van der Waals surface area contributed by atoms with Gasteiger partial charge in [0.05, 0.1) is 0 Å². The van der Waals surface area contributed by atoms with Gasteiger partial charge in [0.1, 0.15) is 0 Å². The lowest BCUT2D eigenvalue weighted by Crippen LogP contribution is -2.51. The van der Waals surface area contributed by atoms with Crippen molar-refractivity contribution >= 4 is 5.97 Å². The van der Waals surface area contributed by atoms with Gasteiger partial charge in [-0.05, 0) is 12.8 Å². The van der Waals surface area contributed by atoms with Gasteiger partial charge in [0.2, 0.25) is 0 Å². The largest absolute Gasteiger partial charge is 0.479 e. The molecule has 1 atom stereocenters. The zero-order valence-electron chi connectivity index (χ0n) is 7.76. The van der Waals surface area contributed by atoms with Crippen molar-refractivity contribution in [1.82, 2.24) is 0 Å². The number of hydrogen-bond donors (Lipinski definition) is 2. The Morgan fingerprint density at radius 1 is 1.29 bits per heavy atom. The summed E-state index contributed by atoms with van der Waals surface area (Å²) in [5, 5.41) is 17.2. The first kappa shape index (κ1) is 13.2. The Labute approximate surface area is 79.5 Å². The average molecular weight is 214 g/mol. The number of unbranched alkanes of at least 4 members (excludes halogenated alkanes) is 2. The molecule has 0 aliphatic carbocycles. The fraction of sp³-hybridized carbons (Fsp3) is 0.875. The number of carbonyl (C=O) groups is 1. The van der Waals surface area contributed by atoms with Crippen LogP contribution in [0.3, 0.4) is 0 Å². The second kappa shape index (κ2) is 4.63. The van der Waals surface area contributed by atoms with E-state index in [1.165, 1.54) is 0 Å². The minimum absolute atomic E-state index is 0.0405. The van der Waals surface area contributed by atoms with Crippen molar-refractivity contribution in [2.45, 2.75) is 44.4 Å². The Morgan fingerprint density at radius 2 is 1.79 bits per heavy atom. The summed E-state index contributed by atoms with van der Waals surface area (Å²) in [5.41, 5.74) is -3.60. The Balaban J connectivity index is 4.50. The van der Waals surface area contributed by atoms with Crippen LogP contribution < -0.4 is 0 Å². The maximum Gasteiger partial charge on any atom is 0.428 e. The molecule has 0 bridgehead atoms. The Kier molecular flexibility index (Phi) is 4.38. The molecule has 0 heterocycles. The molecule has 0 spiro atoms. The molecule has 84 valence electrons. The minimum atomic E-state index is -5.12. The molecule has 0 aromatic heterocycles. The third kappa shape index (κ3) is 2.87. The van der Waals surface area contributed by atoms with Gasteiger partial charge in [-0.2, -0.15) is 13.2 Å². The molecule has 0 saturated carbocycles. The predicted octanol–water partition coefficient (Wildman–Crippen LogP) is 1.94. The van der Waals surface area contributed by atoms with Crippen molar-refractivity contribution in [2.75, 3.05) is 0 Å². The van der Waals surface area contributed by atoms with Crippen molar-refractivity contribution in [3.8, 4) is 0 Å². The standard InChI is InChI=1S/C8H13F3O3/c1-2-3-4-5-7(14,6(12)13)8(9,10)11/h14H,2-5H2,1H3,(H,12,13). The van der Waals surface area contributed by atoms with E-state index in [0.29, 0.717) is 12.8 Å². The monoisotopic (exact) mass is 214 g/mol. The van der Waals surface area contributed by atoms with Gasteiger partial charge < -0.3 is 10.2 Å². The number of alkyl halides is 3. The smallest absolute Gasteiger partial charge is 0.428 e. The maximum absolute atomic E-state index is 12.2. The number of hydrogen-bond acceptors (Lipinski definition) is 2. The van der Waals surface area contributed by atoms with E-state index in [9.17, 15) is 18.0 Å². The zero-order chi connectivity index (χ0) is 11.4. The van der Waals surface area contributed by atoms with Crippen molar-refractivity contribution in [3.05, 3.63) is 0 Å². The number of rotatable bonds is 5. The average Bonchev–Trinajstić information content (AvgIpc) is 2.02. The van der Waals surface area contributed by atoms with Crippen LogP contribution in [0, 0.1) is 0 Å². The number of aliphatic carboxylic acids is 1. The molecular formula is C8H13F3O3. The van der Waals surface area contributed by atoms with Crippen molar-refractivity contribution in [2.24, 2.45) is 0 Å². The molecule has 0 rings (SSSR count). The number of carboxylic acid groups (broad SMARTS) is 1. The van der Waals surface area contributed by atoms with E-state index in [1.807, 2.05) is 0 Å². The molecule has 14 heavy (non-hydrogen) atoms. The van der Waals surface area contributed by atoms with Gasteiger partial charge in [0.25, 0.3) is 5.60 Å². The Morgan fingerprint density at radius 3 is 2.07 bits per heavy atom. The normalized spacial score (nSPS) is 16.4. The summed E-state index contributed by atoms with van der Waals surface area (Å²) in [7, 11) is 0. The maximum atomic E-state index is 12.2. The topological polar surface area (TPSA) is 57.5 Å². The van der Waals surface area contributed by atoms with E-state index in [0.717, 1.165) is 0 Å². The van der Waals surface area contributed by atoms with Crippen LogP contribution in [0.5, 0.6) is 0 Å². The van der Waals surface area contributed by atoms with E-state index in [-0.39, 0.29) is 6.42 Å². The molecule has 2 N–H and O–H groups in total. The summed E-state index contributed by atoms with van der Waals surface area (Å²) in [5.74, 6) is -2.24. The van der Waals surface area contributed by atoms with E-state index >= 15 is 0 Å². The van der Waals surface area contributed by atoms with E-state index in [1.54, 1.807) is 6.92 Å². The van der Waals surface area contributed by atoms with Crippen LogP contribution in [0.2, 0.25) is 0 Å². The summed E-state index contributed by atoms with van der Waals surface area (Å²) in [6.45, 7) is 1.77. The highest BCUT2D eigenvalue weighted by Gasteiger charge is 2.59. The van der Waals surface area contributed by atoms with Crippen molar-refractivity contribution in [3.63, 3.8) is 0 Å². The molecule has 0 aromatic rings. The van der Waals surface area contributed by atoms with Crippen LogP contribution in [-0.4, -0.2) is 28.0 Å². The van der Waals surface area contributed by atoms with Crippen LogP contribution in [0.4, 0.5) is 13.2 Å². The SMILES string of the molecule is CCCCCC(O)(C(=O)O)C(F)(F)F. The summed E-state index contributed by atoms with van der Waals surface area (Å²) < 4.78 is 36.5. The molecule has 6 heteroatoms. The van der Waals surface area contributed by atoms with Gasteiger partial charge in [-0.1, -0.05) is 19.8 Å². The molecule has 0 radical (unpaired) electrons. The van der Waals surface area contributed by atoms with Crippen molar-refractivity contribution < 1.29 is 28.2 Å². The van der Waals surface area contributed by atoms with Crippen LogP contribution in [0.15, 0.2) is 0 Å². The summed E-state index contributed by atoms with van der Waals surface area (Å²) in [4.78, 5) is 10.3. The van der Waals surface area contributed by atoms with Crippen LogP contribution in [0.25, 0.3) is 0 Å². The minimum Gasteiger partial charge on any atom is -0.479 e. The first-order valence-electron chi connectivity index (χ1n) is 4.28. The van der Waals surface area contributed by atoms with Gasteiger partial charge in [0, 0.05) is 0 Å². The Bertz CT molecular complexity index is 202. The molecule has 0 aliphatic rings. The van der Waals surface area contributed by atoms with E-state index in [4.69, 9.17) is 10.2 Å². The highest BCUT2D eigenvalue weighted by Crippen LogP contribution is 2.34. The fourth-order valence-electron chi connectivity index (χ4n) is 1.00. The number of aliphatic hydroxyl groups is 1. The number of carboxylic acids is 1. The summed E-state index contributed by atoms with van der Waals surface area (Å²) in [6.07, 6.45) is -4.75. The quantitative estimate of drug-likeness (QED) is 0.687. The van der Waals surface area contributed by atoms with Crippen LogP contribution >= 0.6 is 0 Å². The summed E-state index contributed by atoms with van der Waals surface area (Å²) >= 11 is 0. The molecule has 0 saturated heterocycles. The van der Waals surface area contributed by atoms with Gasteiger partial charge in [-0.25, -0.2) is 4.79 Å². The van der Waals surface area contributed by atoms with E-state index < -0.39 is 24.2 Å². The first-order chi connectivity index (χ1) is 6.25. The fourth-order valence-corrected chi connectivity index (χ4v) is 1.00. The molecule has 0 fully saturated rings. The molecule has 1 unspecified atom stereocenters. The second-order valence-electron chi connectivity index (χ2n) is 3.12. The second-order valence-corrected chi connectivity index (χ2v) is 3.12. The third-order valence-electron chi connectivity index (χ3n) is 1.96. The summed E-state index contributed by atoms with van der Waals surface area (Å²) in [6, 6.07) is 0. The molecule has 0 amide bonds. The third-order valence-corrected chi connectivity index (χ3v) is 1.96. The van der Waals surface area contributed by atoms with Gasteiger partial charge in [0.15, 0.2) is 0 Å². The molecule has 0 aromatic carbocycles. The lowest BCUT2D eigenvalue weighted by atomic mass is 9.96.